The Labute approximate surface area is 192 Å². The van der Waals surface area contributed by atoms with E-state index in [1.807, 2.05) is 65.6 Å². The number of ether oxygens (including phenoxy) is 2. The first kappa shape index (κ1) is 20.9. The number of carbonyl (C=O) groups excluding carboxylic acids is 2. The first-order chi connectivity index (χ1) is 16.2. The molecule has 0 aliphatic carbocycles. The van der Waals surface area contributed by atoms with Crippen LogP contribution in [-0.4, -0.2) is 36.7 Å². The van der Waals surface area contributed by atoms with Gasteiger partial charge in [-0.2, -0.15) is 0 Å². The fourth-order valence-corrected chi connectivity index (χ4v) is 4.12. The average molecular weight is 444 g/mol. The molecule has 3 aromatic carbocycles. The van der Waals surface area contributed by atoms with Gasteiger partial charge in [0.15, 0.2) is 11.5 Å². The van der Waals surface area contributed by atoms with Crippen molar-refractivity contribution in [2.75, 3.05) is 24.8 Å². The zero-order valence-electron chi connectivity index (χ0n) is 18.2. The van der Waals surface area contributed by atoms with E-state index in [1.54, 1.807) is 17.0 Å². The average Bonchev–Trinajstić information content (AvgIpc) is 3.32. The number of carbonyl (C=O) groups is 2. The van der Waals surface area contributed by atoms with Crippen LogP contribution in [0.15, 0.2) is 72.8 Å². The molecular weight excluding hydrogens is 418 g/mol. The molecule has 5 rings (SSSR count). The SMILES string of the molecule is O=C(NCc1ccc2c(c1)OCO2)c1cccc(N2CCCN(Cc3ccccc3)C2=O)c1. The quantitative estimate of drug-likeness (QED) is 0.621. The minimum absolute atomic E-state index is 0.0389. The predicted molar refractivity (Wildman–Crippen MR) is 124 cm³/mol. The molecule has 0 saturated carbocycles. The molecule has 3 amide bonds. The number of amides is 3. The highest BCUT2D eigenvalue weighted by Crippen LogP contribution is 2.32. The number of rotatable bonds is 6. The summed E-state index contributed by atoms with van der Waals surface area (Å²) >= 11 is 0. The van der Waals surface area contributed by atoms with Gasteiger partial charge < -0.3 is 19.7 Å². The number of fused-ring (bicyclic) bond motifs is 1. The van der Waals surface area contributed by atoms with Crippen LogP contribution in [0.4, 0.5) is 10.5 Å². The molecular formula is C26H25N3O4. The Morgan fingerprint density at radius 2 is 1.73 bits per heavy atom. The molecule has 0 aromatic heterocycles. The minimum atomic E-state index is -0.194. The molecule has 2 aliphatic heterocycles. The van der Waals surface area contributed by atoms with Gasteiger partial charge in [-0.05, 0) is 47.9 Å². The molecule has 1 saturated heterocycles. The minimum Gasteiger partial charge on any atom is -0.454 e. The van der Waals surface area contributed by atoms with Crippen molar-refractivity contribution in [2.45, 2.75) is 19.5 Å². The van der Waals surface area contributed by atoms with E-state index in [-0.39, 0.29) is 18.7 Å². The van der Waals surface area contributed by atoms with Gasteiger partial charge >= 0.3 is 6.03 Å². The maximum absolute atomic E-state index is 13.1. The molecule has 0 unspecified atom stereocenters. The lowest BCUT2D eigenvalue weighted by molar-refractivity contribution is 0.0950. The second-order valence-electron chi connectivity index (χ2n) is 8.12. The third kappa shape index (κ3) is 4.62. The van der Waals surface area contributed by atoms with Crippen LogP contribution in [0.1, 0.15) is 27.9 Å². The normalized spacial score (nSPS) is 15.0. The van der Waals surface area contributed by atoms with Crippen molar-refractivity contribution < 1.29 is 19.1 Å². The van der Waals surface area contributed by atoms with Gasteiger partial charge in [0.2, 0.25) is 6.79 Å². The Morgan fingerprint density at radius 1 is 0.879 bits per heavy atom. The van der Waals surface area contributed by atoms with E-state index in [1.165, 1.54) is 0 Å². The van der Waals surface area contributed by atoms with E-state index in [4.69, 9.17) is 9.47 Å². The lowest BCUT2D eigenvalue weighted by Gasteiger charge is -2.35. The highest BCUT2D eigenvalue weighted by atomic mass is 16.7. The van der Waals surface area contributed by atoms with Crippen LogP contribution in [0.3, 0.4) is 0 Å². The Bertz CT molecular complexity index is 1170. The molecule has 0 atom stereocenters. The van der Waals surface area contributed by atoms with E-state index < -0.39 is 0 Å². The maximum atomic E-state index is 13.1. The van der Waals surface area contributed by atoms with Crippen molar-refractivity contribution in [1.29, 1.82) is 0 Å². The molecule has 0 bridgehead atoms. The molecule has 3 aromatic rings. The van der Waals surface area contributed by atoms with Gasteiger partial charge in [0, 0.05) is 37.4 Å². The molecule has 1 N–H and O–H groups in total. The summed E-state index contributed by atoms with van der Waals surface area (Å²) in [5.41, 5.74) is 3.27. The fourth-order valence-electron chi connectivity index (χ4n) is 4.12. The van der Waals surface area contributed by atoms with Crippen molar-refractivity contribution in [1.82, 2.24) is 10.2 Å². The van der Waals surface area contributed by atoms with E-state index in [2.05, 4.69) is 5.32 Å². The summed E-state index contributed by atoms with van der Waals surface area (Å²) in [4.78, 5) is 29.5. The van der Waals surface area contributed by atoms with Gasteiger partial charge in [-0.15, -0.1) is 0 Å². The zero-order chi connectivity index (χ0) is 22.6. The van der Waals surface area contributed by atoms with Crippen molar-refractivity contribution in [3.8, 4) is 11.5 Å². The molecule has 0 radical (unpaired) electrons. The summed E-state index contributed by atoms with van der Waals surface area (Å²) in [7, 11) is 0. The van der Waals surface area contributed by atoms with Gasteiger partial charge in [0.1, 0.15) is 0 Å². The number of nitrogens with one attached hydrogen (secondary N) is 1. The van der Waals surface area contributed by atoms with Crippen LogP contribution >= 0.6 is 0 Å². The number of anilines is 1. The number of hydrogen-bond donors (Lipinski definition) is 1. The summed E-state index contributed by atoms with van der Waals surface area (Å²) in [6.07, 6.45) is 0.874. The Hall–Kier alpha value is -4.00. The van der Waals surface area contributed by atoms with Crippen molar-refractivity contribution in [3.05, 3.63) is 89.5 Å². The summed E-state index contributed by atoms with van der Waals surface area (Å²) < 4.78 is 10.7. The molecule has 1 fully saturated rings. The molecule has 0 spiro atoms. The largest absolute Gasteiger partial charge is 0.454 e. The Balaban J connectivity index is 1.25. The topological polar surface area (TPSA) is 71.1 Å². The molecule has 33 heavy (non-hydrogen) atoms. The maximum Gasteiger partial charge on any atom is 0.324 e. The van der Waals surface area contributed by atoms with Gasteiger partial charge in [-0.1, -0.05) is 42.5 Å². The van der Waals surface area contributed by atoms with Gasteiger partial charge in [0.25, 0.3) is 5.91 Å². The van der Waals surface area contributed by atoms with Gasteiger partial charge in [-0.3, -0.25) is 9.69 Å². The Morgan fingerprint density at radius 3 is 2.61 bits per heavy atom. The van der Waals surface area contributed by atoms with E-state index in [0.29, 0.717) is 36.7 Å². The van der Waals surface area contributed by atoms with Crippen LogP contribution < -0.4 is 19.7 Å². The second-order valence-corrected chi connectivity index (χ2v) is 8.12. The van der Waals surface area contributed by atoms with Crippen LogP contribution in [0.25, 0.3) is 0 Å². The molecule has 2 aliphatic rings. The van der Waals surface area contributed by atoms with Crippen molar-refractivity contribution in [3.63, 3.8) is 0 Å². The van der Waals surface area contributed by atoms with E-state index in [0.717, 1.165) is 29.8 Å². The Kier molecular flexibility index (Phi) is 5.85. The first-order valence-corrected chi connectivity index (χ1v) is 11.0. The number of urea groups is 1. The fraction of sp³-hybridized carbons (Fsp3) is 0.231. The van der Waals surface area contributed by atoms with Crippen LogP contribution in [0.5, 0.6) is 11.5 Å². The number of nitrogens with zero attached hydrogens (tertiary/aromatic N) is 2. The van der Waals surface area contributed by atoms with Crippen LogP contribution in [-0.2, 0) is 13.1 Å². The van der Waals surface area contributed by atoms with Crippen molar-refractivity contribution >= 4 is 17.6 Å². The second kappa shape index (κ2) is 9.24. The summed E-state index contributed by atoms with van der Waals surface area (Å²) in [5.74, 6) is 1.21. The van der Waals surface area contributed by atoms with Gasteiger partial charge in [0.05, 0.1) is 0 Å². The smallest absolute Gasteiger partial charge is 0.324 e. The highest BCUT2D eigenvalue weighted by Gasteiger charge is 2.27. The molecule has 7 heteroatoms. The summed E-state index contributed by atoms with van der Waals surface area (Å²) in [6.45, 7) is 2.52. The number of benzene rings is 3. The zero-order valence-corrected chi connectivity index (χ0v) is 18.2. The summed E-state index contributed by atoms with van der Waals surface area (Å²) in [6, 6.07) is 22.8. The molecule has 7 nitrogen and oxygen atoms in total. The molecule has 2 heterocycles. The summed E-state index contributed by atoms with van der Waals surface area (Å²) in [5, 5.41) is 2.94. The lowest BCUT2D eigenvalue weighted by Crippen LogP contribution is -2.49. The van der Waals surface area contributed by atoms with Gasteiger partial charge in [-0.25, -0.2) is 4.79 Å². The standard InChI is InChI=1S/C26H25N3O4/c30-25(27-16-20-10-11-23-24(14-20)33-18-32-23)21-8-4-9-22(15-21)29-13-5-12-28(26(29)31)17-19-6-2-1-3-7-19/h1-4,6-11,14-15H,5,12-13,16-18H2,(H,27,30). The van der Waals surface area contributed by atoms with Crippen LogP contribution in [0.2, 0.25) is 0 Å². The first-order valence-electron chi connectivity index (χ1n) is 11.0. The third-order valence-corrected chi connectivity index (χ3v) is 5.84. The predicted octanol–water partition coefficient (Wildman–Crippen LogP) is 4.18. The molecule has 168 valence electrons. The lowest BCUT2D eigenvalue weighted by atomic mass is 10.1. The van der Waals surface area contributed by atoms with E-state index in [9.17, 15) is 9.59 Å². The van der Waals surface area contributed by atoms with E-state index >= 15 is 0 Å². The highest BCUT2D eigenvalue weighted by molar-refractivity contribution is 5.98. The van der Waals surface area contributed by atoms with Crippen LogP contribution in [0, 0.1) is 0 Å². The van der Waals surface area contributed by atoms with Crippen molar-refractivity contribution in [2.24, 2.45) is 0 Å². The third-order valence-electron chi connectivity index (χ3n) is 5.84. The monoisotopic (exact) mass is 443 g/mol. The number of hydrogen-bond acceptors (Lipinski definition) is 4.